The zero-order chi connectivity index (χ0) is 13.0. The average molecular weight is 256 g/mol. The molecule has 17 heavy (non-hydrogen) atoms. The summed E-state index contributed by atoms with van der Waals surface area (Å²) in [6.07, 6.45) is 0. The number of rotatable bonds is 5. The molecule has 0 spiro atoms. The van der Waals surface area contributed by atoms with Crippen LogP contribution in [0.5, 0.6) is 0 Å². The van der Waals surface area contributed by atoms with Gasteiger partial charge in [0.1, 0.15) is 10.0 Å². The normalized spacial score (nSPS) is 13.1. The smallest absolute Gasteiger partial charge is 0.237 e. The van der Waals surface area contributed by atoms with Gasteiger partial charge in [-0.2, -0.15) is 0 Å². The fourth-order valence-electron chi connectivity index (χ4n) is 1.15. The van der Waals surface area contributed by atoms with E-state index in [1.54, 1.807) is 0 Å². The van der Waals surface area contributed by atoms with Crippen LogP contribution in [0.2, 0.25) is 0 Å². The summed E-state index contributed by atoms with van der Waals surface area (Å²) < 4.78 is 0. The number of hydrogen-bond acceptors (Lipinski definition) is 5. The van der Waals surface area contributed by atoms with E-state index in [1.807, 2.05) is 13.8 Å². The third-order valence-corrected chi connectivity index (χ3v) is 3.64. The molecule has 0 aliphatic heterocycles. The van der Waals surface area contributed by atoms with Crippen molar-refractivity contribution in [1.29, 1.82) is 0 Å². The molecule has 1 atom stereocenters. The Balaban J connectivity index is 2.47. The molecular weight excluding hydrogens is 236 g/mol. The van der Waals surface area contributed by atoms with Crippen LogP contribution in [-0.4, -0.2) is 22.1 Å². The van der Waals surface area contributed by atoms with E-state index in [9.17, 15) is 4.79 Å². The van der Waals surface area contributed by atoms with Crippen LogP contribution in [0.3, 0.4) is 0 Å². The number of carbonyl (C=O) groups is 1. The molecule has 1 aromatic heterocycles. The highest BCUT2D eigenvalue weighted by Crippen LogP contribution is 2.18. The minimum absolute atomic E-state index is 0.135. The lowest BCUT2D eigenvalue weighted by atomic mass is 10.1. The molecule has 0 bridgehead atoms. The zero-order valence-corrected chi connectivity index (χ0v) is 11.5. The zero-order valence-electron chi connectivity index (χ0n) is 10.7. The fraction of sp³-hybridized carbons (Fsp3) is 0.727. The highest BCUT2D eigenvalue weighted by Gasteiger charge is 2.17. The second kappa shape index (κ2) is 6.07. The molecule has 0 saturated heterocycles. The molecule has 96 valence electrons. The maximum Gasteiger partial charge on any atom is 0.237 e. The molecule has 0 aliphatic rings. The van der Waals surface area contributed by atoms with Gasteiger partial charge in [0.25, 0.3) is 0 Å². The van der Waals surface area contributed by atoms with Gasteiger partial charge in [0.15, 0.2) is 0 Å². The monoisotopic (exact) mass is 256 g/mol. The summed E-state index contributed by atoms with van der Waals surface area (Å²) in [5.74, 6) is 0.367. The van der Waals surface area contributed by atoms with E-state index >= 15 is 0 Å². The van der Waals surface area contributed by atoms with Gasteiger partial charge in [-0.25, -0.2) is 0 Å². The molecule has 1 rings (SSSR count). The SMILES string of the molecule is CC(C)c1nnc(CNC(=O)[C@@H](N)C(C)C)s1. The Kier molecular flexibility index (Phi) is 5.02. The summed E-state index contributed by atoms with van der Waals surface area (Å²) in [5, 5.41) is 12.7. The number of nitrogens with zero attached hydrogens (tertiary/aromatic N) is 2. The molecule has 0 saturated carbocycles. The molecule has 0 unspecified atom stereocenters. The molecule has 1 aromatic rings. The van der Waals surface area contributed by atoms with E-state index in [0.29, 0.717) is 12.5 Å². The first kappa shape index (κ1) is 14.1. The molecular formula is C11H20N4OS. The van der Waals surface area contributed by atoms with E-state index in [1.165, 1.54) is 11.3 Å². The number of amides is 1. The molecule has 3 N–H and O–H groups in total. The van der Waals surface area contributed by atoms with Crippen LogP contribution in [0.15, 0.2) is 0 Å². The Labute approximate surface area is 106 Å². The van der Waals surface area contributed by atoms with E-state index in [4.69, 9.17) is 5.73 Å². The highest BCUT2D eigenvalue weighted by molar-refractivity contribution is 7.11. The van der Waals surface area contributed by atoms with Gasteiger partial charge in [-0.3, -0.25) is 4.79 Å². The number of aromatic nitrogens is 2. The first-order valence-electron chi connectivity index (χ1n) is 5.77. The Morgan fingerprint density at radius 1 is 1.35 bits per heavy atom. The van der Waals surface area contributed by atoms with Crippen molar-refractivity contribution in [1.82, 2.24) is 15.5 Å². The van der Waals surface area contributed by atoms with E-state index in [-0.39, 0.29) is 11.8 Å². The van der Waals surface area contributed by atoms with Crippen molar-refractivity contribution in [3.05, 3.63) is 10.0 Å². The molecule has 0 aliphatic carbocycles. The molecule has 5 nitrogen and oxygen atoms in total. The number of nitrogens with two attached hydrogens (primary N) is 1. The summed E-state index contributed by atoms with van der Waals surface area (Å²) in [4.78, 5) is 11.6. The third-order valence-electron chi connectivity index (χ3n) is 2.41. The predicted octanol–water partition coefficient (Wildman–Crippen LogP) is 1.26. The Hall–Kier alpha value is -1.01. The van der Waals surface area contributed by atoms with Crippen LogP contribution in [0.4, 0.5) is 0 Å². The van der Waals surface area contributed by atoms with E-state index in [2.05, 4.69) is 29.4 Å². The molecule has 1 amide bonds. The van der Waals surface area contributed by atoms with E-state index in [0.717, 1.165) is 10.0 Å². The Bertz CT molecular complexity index is 375. The summed E-state index contributed by atoms with van der Waals surface area (Å²) in [5.41, 5.74) is 5.73. The van der Waals surface area contributed by atoms with Gasteiger partial charge in [0, 0.05) is 5.92 Å². The van der Waals surface area contributed by atoms with Gasteiger partial charge in [-0.05, 0) is 5.92 Å². The lowest BCUT2D eigenvalue weighted by Crippen LogP contribution is -2.43. The Morgan fingerprint density at radius 2 is 2.00 bits per heavy atom. The van der Waals surface area contributed by atoms with Crippen molar-refractivity contribution >= 4 is 17.2 Å². The van der Waals surface area contributed by atoms with Crippen molar-refractivity contribution in [2.75, 3.05) is 0 Å². The van der Waals surface area contributed by atoms with Crippen LogP contribution in [0.25, 0.3) is 0 Å². The molecule has 0 radical (unpaired) electrons. The van der Waals surface area contributed by atoms with Crippen molar-refractivity contribution in [2.45, 2.75) is 46.2 Å². The van der Waals surface area contributed by atoms with Gasteiger partial charge >= 0.3 is 0 Å². The van der Waals surface area contributed by atoms with Gasteiger partial charge < -0.3 is 11.1 Å². The quantitative estimate of drug-likeness (QED) is 0.831. The first-order chi connectivity index (χ1) is 7.91. The molecule has 0 aromatic carbocycles. The van der Waals surface area contributed by atoms with Crippen LogP contribution in [0.1, 0.15) is 43.6 Å². The topological polar surface area (TPSA) is 80.9 Å². The summed E-state index contributed by atoms with van der Waals surface area (Å²) in [6, 6.07) is -0.465. The lowest BCUT2D eigenvalue weighted by Gasteiger charge is -2.14. The second-order valence-electron chi connectivity index (χ2n) is 4.68. The standard InChI is InChI=1S/C11H20N4OS/c1-6(2)9(12)10(16)13-5-8-14-15-11(17-8)7(3)4/h6-7,9H,5,12H2,1-4H3,(H,13,16)/t9-/m0/s1. The Morgan fingerprint density at radius 3 is 2.47 bits per heavy atom. The summed E-state index contributed by atoms with van der Waals surface area (Å²) in [6.45, 7) is 8.39. The maximum atomic E-state index is 11.6. The largest absolute Gasteiger partial charge is 0.348 e. The molecule has 6 heteroatoms. The van der Waals surface area contributed by atoms with Gasteiger partial charge in [-0.1, -0.05) is 39.0 Å². The molecule has 1 heterocycles. The number of carbonyl (C=O) groups excluding carboxylic acids is 1. The van der Waals surface area contributed by atoms with Crippen molar-refractivity contribution in [2.24, 2.45) is 11.7 Å². The number of hydrogen-bond donors (Lipinski definition) is 2. The number of nitrogens with one attached hydrogen (secondary N) is 1. The summed E-state index contributed by atoms with van der Waals surface area (Å²) >= 11 is 1.53. The minimum atomic E-state index is -0.465. The van der Waals surface area contributed by atoms with Crippen molar-refractivity contribution < 1.29 is 4.79 Å². The average Bonchev–Trinajstić information content (AvgIpc) is 2.73. The van der Waals surface area contributed by atoms with Crippen LogP contribution in [0, 0.1) is 5.92 Å². The summed E-state index contributed by atoms with van der Waals surface area (Å²) in [7, 11) is 0. The molecule has 0 fully saturated rings. The highest BCUT2D eigenvalue weighted by atomic mass is 32.1. The first-order valence-corrected chi connectivity index (χ1v) is 6.59. The van der Waals surface area contributed by atoms with Crippen molar-refractivity contribution in [3.63, 3.8) is 0 Å². The van der Waals surface area contributed by atoms with Crippen molar-refractivity contribution in [3.8, 4) is 0 Å². The van der Waals surface area contributed by atoms with Crippen LogP contribution >= 0.6 is 11.3 Å². The van der Waals surface area contributed by atoms with Gasteiger partial charge in [0.2, 0.25) is 5.91 Å². The second-order valence-corrected chi connectivity index (χ2v) is 5.77. The fourth-order valence-corrected chi connectivity index (χ4v) is 1.94. The van der Waals surface area contributed by atoms with Crippen LogP contribution in [-0.2, 0) is 11.3 Å². The lowest BCUT2D eigenvalue weighted by molar-refractivity contribution is -0.123. The predicted molar refractivity (Wildman–Crippen MR) is 68.7 cm³/mol. The van der Waals surface area contributed by atoms with E-state index < -0.39 is 6.04 Å². The van der Waals surface area contributed by atoms with Crippen LogP contribution < -0.4 is 11.1 Å². The van der Waals surface area contributed by atoms with Gasteiger partial charge in [0.05, 0.1) is 12.6 Å². The minimum Gasteiger partial charge on any atom is -0.348 e. The third kappa shape index (κ3) is 4.05. The maximum absolute atomic E-state index is 11.6. The van der Waals surface area contributed by atoms with Gasteiger partial charge in [-0.15, -0.1) is 10.2 Å².